The van der Waals surface area contributed by atoms with Gasteiger partial charge in [0.2, 0.25) is 0 Å². The molecule has 0 fully saturated rings. The predicted octanol–water partition coefficient (Wildman–Crippen LogP) is 6.88. The van der Waals surface area contributed by atoms with E-state index in [4.69, 9.17) is 9.47 Å². The number of rotatable bonds is 4. The number of allylic oxidation sites excluding steroid dienone is 2. The van der Waals surface area contributed by atoms with E-state index in [9.17, 15) is 14.4 Å². The van der Waals surface area contributed by atoms with Crippen LogP contribution in [-0.2, 0) is 36.7 Å². The average Bonchev–Trinajstić information content (AvgIpc) is 2.84. The molecule has 193 valence electrons. The quantitative estimate of drug-likeness (QED) is 0.252. The van der Waals surface area contributed by atoms with Crippen LogP contribution in [0.4, 0.5) is 0 Å². The molecular weight excluding hydrogens is 721 g/mol. The molecule has 8 heteroatoms. The minimum atomic E-state index is -0.590. The molecular formula is C28H32I2O5V. The molecule has 0 heterocycles. The van der Waals surface area contributed by atoms with Gasteiger partial charge in [0.05, 0.1) is 14.2 Å². The number of hydrogen-bond acceptors (Lipinski definition) is 5. The van der Waals surface area contributed by atoms with Crippen LogP contribution >= 0.6 is 40.0 Å². The summed E-state index contributed by atoms with van der Waals surface area (Å²) >= 11 is 4.74. The molecule has 1 atom stereocenters. The Balaban J connectivity index is 0.000000229. The van der Waals surface area contributed by atoms with Crippen molar-refractivity contribution in [2.75, 3.05) is 14.2 Å². The monoisotopic (exact) mass is 753 g/mol. The third-order valence-corrected chi connectivity index (χ3v) is 6.43. The van der Waals surface area contributed by atoms with Crippen LogP contribution in [0.15, 0.2) is 30.3 Å². The van der Waals surface area contributed by atoms with Crippen molar-refractivity contribution in [3.63, 3.8) is 0 Å². The molecule has 0 bridgehead atoms. The van der Waals surface area contributed by atoms with Crippen LogP contribution < -0.4 is 9.47 Å². The molecule has 0 N–H and O–H groups in total. The molecule has 2 aromatic rings. The Morgan fingerprint density at radius 2 is 1.44 bits per heavy atom. The van der Waals surface area contributed by atoms with Gasteiger partial charge in [-0.2, -0.15) is 0 Å². The van der Waals surface area contributed by atoms with Crippen LogP contribution in [0, 0.1) is 13.8 Å². The van der Waals surface area contributed by atoms with E-state index in [2.05, 4.69) is 40.0 Å². The van der Waals surface area contributed by atoms with Crippen molar-refractivity contribution in [1.29, 1.82) is 0 Å². The zero-order valence-electron chi connectivity index (χ0n) is 21.5. The number of methoxy groups -OCH3 is 2. The van der Waals surface area contributed by atoms with Crippen LogP contribution in [0.2, 0.25) is 0 Å². The van der Waals surface area contributed by atoms with Crippen molar-refractivity contribution in [2.24, 2.45) is 0 Å². The summed E-state index contributed by atoms with van der Waals surface area (Å²) in [6.45, 7) is 7.10. The molecule has 4 rings (SSSR count). The Morgan fingerprint density at radius 3 is 1.97 bits per heavy atom. The standard InChI is InChI=1S/C14H16O3.C14H16O2.2HI.V/c1-8-4-5-10-11(14(8)17-3)6-7-12(16)13(10)9(2)15;1-9-7-8-12-11(10(2)15)5-4-6-13(12)14(9)16-3;;;/h4-5,13H,6-7H2,1-3H3;5,7-8H,4,6H2,1-3H3;2*1H;/q;;;;+2/p-2. The van der Waals surface area contributed by atoms with E-state index in [1.165, 1.54) is 12.5 Å². The van der Waals surface area contributed by atoms with Crippen molar-refractivity contribution in [2.45, 2.75) is 59.3 Å². The van der Waals surface area contributed by atoms with E-state index in [0.717, 1.165) is 57.7 Å². The molecule has 0 amide bonds. The van der Waals surface area contributed by atoms with Gasteiger partial charge in [-0.25, -0.2) is 0 Å². The number of carbonyl (C=O) groups excluding carboxylic acids is 3. The van der Waals surface area contributed by atoms with Gasteiger partial charge in [0.25, 0.3) is 0 Å². The summed E-state index contributed by atoms with van der Waals surface area (Å²) in [5.74, 6) is 1.24. The van der Waals surface area contributed by atoms with E-state index in [-0.39, 0.29) is 17.3 Å². The summed E-state index contributed by atoms with van der Waals surface area (Å²) in [7, 11) is 3.94. The number of carbonyl (C=O) groups is 3. The number of ketones is 3. The van der Waals surface area contributed by atoms with Gasteiger partial charge in [0.1, 0.15) is 29.0 Å². The molecule has 2 aliphatic carbocycles. The Bertz CT molecular complexity index is 1170. The van der Waals surface area contributed by atoms with Crippen molar-refractivity contribution in [1.82, 2.24) is 0 Å². The summed E-state index contributed by atoms with van der Waals surface area (Å²) < 4.78 is 10.8. The summed E-state index contributed by atoms with van der Waals surface area (Å²) in [6.07, 6.45) is 5.00. The van der Waals surface area contributed by atoms with Crippen LogP contribution in [0.1, 0.15) is 66.0 Å². The third-order valence-electron chi connectivity index (χ3n) is 6.43. The molecule has 1 unspecified atom stereocenters. The zero-order chi connectivity index (χ0) is 27.0. The fraction of sp³-hybridized carbons (Fsp3) is 0.393. The molecule has 36 heavy (non-hydrogen) atoms. The van der Waals surface area contributed by atoms with Gasteiger partial charge in [-0.3, -0.25) is 14.4 Å². The second-order valence-electron chi connectivity index (χ2n) is 8.71. The van der Waals surface area contributed by atoms with Gasteiger partial charge in [-0.1, -0.05) is 30.3 Å². The number of fused-ring (bicyclic) bond motifs is 2. The van der Waals surface area contributed by atoms with Gasteiger partial charge < -0.3 is 9.47 Å². The van der Waals surface area contributed by atoms with Gasteiger partial charge in [0, 0.05) is 17.6 Å². The van der Waals surface area contributed by atoms with Crippen LogP contribution in [0.25, 0.3) is 5.57 Å². The second-order valence-corrected chi connectivity index (χ2v) is 20.5. The number of halogens is 2. The molecule has 5 nitrogen and oxygen atoms in total. The van der Waals surface area contributed by atoms with Crippen molar-refractivity contribution in [3.8, 4) is 11.5 Å². The van der Waals surface area contributed by atoms with Gasteiger partial charge in [-0.15, -0.1) is 0 Å². The van der Waals surface area contributed by atoms with Gasteiger partial charge in [0.15, 0.2) is 5.78 Å². The van der Waals surface area contributed by atoms with Crippen LogP contribution in [0.5, 0.6) is 11.5 Å². The summed E-state index contributed by atoms with van der Waals surface area (Å²) in [5, 5.41) is 0. The van der Waals surface area contributed by atoms with E-state index in [0.29, 0.717) is 22.3 Å². The fourth-order valence-corrected chi connectivity index (χ4v) is 4.92. The van der Waals surface area contributed by atoms with Gasteiger partial charge >= 0.3 is 49.4 Å². The van der Waals surface area contributed by atoms with E-state index in [1.54, 1.807) is 21.1 Å². The summed E-state index contributed by atoms with van der Waals surface area (Å²) in [5.41, 5.74) is 7.08. The maximum atomic E-state index is 11.8. The third kappa shape index (κ3) is 7.23. The summed E-state index contributed by atoms with van der Waals surface area (Å²) in [4.78, 5) is 35.0. The van der Waals surface area contributed by atoms with Crippen molar-refractivity contribution >= 4 is 62.9 Å². The van der Waals surface area contributed by atoms with E-state index < -0.39 is 5.92 Å². The normalized spacial score (nSPS) is 15.5. The second kappa shape index (κ2) is 14.7. The Morgan fingerprint density at radius 1 is 0.889 bits per heavy atom. The van der Waals surface area contributed by atoms with Gasteiger partial charge in [-0.05, 0) is 74.8 Å². The first-order chi connectivity index (χ1) is 17.1. The number of hydrogen-bond donors (Lipinski definition) is 0. The SMILES string of the molecule is COc1c(C)ccc2c1CCC(=O)C2C(C)=O.COc1c(C)ccc2c1CCC=C2C(C)=O.[I][V][I]. The number of benzene rings is 2. The van der Waals surface area contributed by atoms with Crippen molar-refractivity contribution < 1.29 is 33.3 Å². The Labute approximate surface area is 243 Å². The molecule has 0 radical (unpaired) electrons. The predicted molar refractivity (Wildman–Crippen MR) is 157 cm³/mol. The molecule has 2 aromatic carbocycles. The number of ether oxygens (including phenoxy) is 2. The first-order valence-electron chi connectivity index (χ1n) is 11.6. The van der Waals surface area contributed by atoms with Crippen LogP contribution in [0.3, 0.4) is 0 Å². The topological polar surface area (TPSA) is 69.7 Å². The molecule has 0 aromatic heterocycles. The Hall–Kier alpha value is -1.17. The fourth-order valence-electron chi connectivity index (χ4n) is 4.92. The molecule has 0 saturated carbocycles. The van der Waals surface area contributed by atoms with Crippen molar-refractivity contribution in [3.05, 3.63) is 63.7 Å². The maximum absolute atomic E-state index is 11.8. The molecule has 0 aliphatic heterocycles. The molecule has 0 saturated heterocycles. The van der Waals surface area contributed by atoms with Crippen LogP contribution in [-0.4, -0.2) is 31.6 Å². The zero-order valence-corrected chi connectivity index (χ0v) is 27.2. The van der Waals surface area contributed by atoms with E-state index >= 15 is 0 Å². The van der Waals surface area contributed by atoms with E-state index in [1.807, 2.05) is 44.2 Å². The first kappa shape index (κ1) is 31.1. The molecule has 2 aliphatic rings. The number of aryl methyl sites for hydroxylation is 2. The molecule has 0 spiro atoms. The average molecular weight is 753 g/mol. The summed E-state index contributed by atoms with van der Waals surface area (Å²) in [6, 6.07) is 7.84. The first-order valence-corrected chi connectivity index (χ1v) is 20.6. The number of Topliss-reactive ketones (excluding diaryl/α,β-unsaturated/α-hetero) is 3. The Kier molecular flexibility index (Phi) is 12.7. The minimum absolute atomic E-state index is 0.0240.